The molecule has 1 saturated carbocycles. The first-order valence-corrected chi connectivity index (χ1v) is 9.02. The van der Waals surface area contributed by atoms with Gasteiger partial charge in [-0.05, 0) is 51.0 Å². The van der Waals surface area contributed by atoms with Crippen LogP contribution in [-0.2, 0) is 0 Å². The second-order valence-corrected chi connectivity index (χ2v) is 6.99. The fourth-order valence-corrected chi connectivity index (χ4v) is 3.01. The Balaban J connectivity index is 1.48. The molecule has 26 heavy (non-hydrogen) atoms. The highest BCUT2D eigenvalue weighted by atomic mass is 16.5. The third-order valence-corrected chi connectivity index (χ3v) is 4.60. The molecule has 1 aliphatic rings. The van der Waals surface area contributed by atoms with Gasteiger partial charge in [0.1, 0.15) is 5.82 Å². The van der Waals surface area contributed by atoms with Gasteiger partial charge in [0.15, 0.2) is 0 Å². The number of aromatic nitrogens is 3. The van der Waals surface area contributed by atoms with Gasteiger partial charge in [-0.15, -0.1) is 0 Å². The Hall–Kier alpha value is -2.89. The minimum atomic E-state index is -0.202. The number of benzene rings is 1. The lowest BCUT2D eigenvalue weighted by Gasteiger charge is -2.22. The zero-order valence-corrected chi connectivity index (χ0v) is 15.0. The van der Waals surface area contributed by atoms with Gasteiger partial charge in [0.05, 0.1) is 22.7 Å². The molecule has 3 aromatic rings. The first-order chi connectivity index (χ1) is 12.6. The van der Waals surface area contributed by atoms with Gasteiger partial charge in [-0.2, -0.15) is 0 Å². The molecular formula is C20H22N4O2. The summed E-state index contributed by atoms with van der Waals surface area (Å²) in [5.41, 5.74) is 3.10. The number of anilines is 1. The van der Waals surface area contributed by atoms with E-state index < -0.39 is 0 Å². The average molecular weight is 350 g/mol. The van der Waals surface area contributed by atoms with E-state index in [4.69, 9.17) is 4.74 Å². The molecule has 4 rings (SSSR count). The largest absolute Gasteiger partial charge is 0.475 e. The third kappa shape index (κ3) is 3.40. The van der Waals surface area contributed by atoms with Crippen molar-refractivity contribution in [3.05, 3.63) is 47.9 Å². The number of fused-ring (bicyclic) bond motifs is 1. The summed E-state index contributed by atoms with van der Waals surface area (Å²) >= 11 is 0. The molecule has 0 spiro atoms. The molecule has 1 fully saturated rings. The number of hydrogen-bond donors (Lipinski definition) is 2. The molecule has 0 atom stereocenters. The molecule has 2 N–H and O–H groups in total. The van der Waals surface area contributed by atoms with Crippen LogP contribution in [0.4, 0.5) is 5.69 Å². The van der Waals surface area contributed by atoms with E-state index in [0.29, 0.717) is 17.4 Å². The summed E-state index contributed by atoms with van der Waals surface area (Å²) in [5, 5.41) is 2.91. The van der Waals surface area contributed by atoms with E-state index in [9.17, 15) is 4.79 Å². The van der Waals surface area contributed by atoms with Crippen LogP contribution in [0.1, 0.15) is 55.2 Å². The van der Waals surface area contributed by atoms with E-state index in [1.807, 2.05) is 32.0 Å². The van der Waals surface area contributed by atoms with Crippen LogP contribution < -0.4 is 10.1 Å². The smallest absolute Gasteiger partial charge is 0.257 e. The molecule has 1 aliphatic carbocycles. The Morgan fingerprint density at radius 3 is 2.77 bits per heavy atom. The number of pyridine rings is 1. The van der Waals surface area contributed by atoms with Crippen LogP contribution >= 0.6 is 0 Å². The van der Waals surface area contributed by atoms with Gasteiger partial charge in [-0.25, -0.2) is 9.97 Å². The molecule has 2 aromatic heterocycles. The second-order valence-electron chi connectivity index (χ2n) is 6.99. The van der Waals surface area contributed by atoms with Gasteiger partial charge in [0.25, 0.3) is 5.91 Å². The number of imidazole rings is 1. The first kappa shape index (κ1) is 16.6. The van der Waals surface area contributed by atoms with Crippen LogP contribution in [0.15, 0.2) is 36.5 Å². The Kier molecular flexibility index (Phi) is 4.32. The summed E-state index contributed by atoms with van der Waals surface area (Å²) in [6.07, 6.45) is 5.25. The van der Waals surface area contributed by atoms with E-state index in [1.165, 1.54) is 25.5 Å². The minimum absolute atomic E-state index is 0.0492. The maximum atomic E-state index is 12.4. The molecule has 6 nitrogen and oxygen atoms in total. The molecule has 0 bridgehead atoms. The summed E-state index contributed by atoms with van der Waals surface area (Å²) < 4.78 is 5.50. The van der Waals surface area contributed by atoms with Crippen molar-refractivity contribution in [1.29, 1.82) is 0 Å². The molecule has 0 saturated heterocycles. The quantitative estimate of drug-likeness (QED) is 0.720. The van der Waals surface area contributed by atoms with Crippen LogP contribution in [0.5, 0.6) is 5.88 Å². The van der Waals surface area contributed by atoms with Crippen LogP contribution in [0.25, 0.3) is 11.0 Å². The summed E-state index contributed by atoms with van der Waals surface area (Å²) in [4.78, 5) is 24.6. The van der Waals surface area contributed by atoms with Gasteiger partial charge in [-0.3, -0.25) is 4.79 Å². The molecule has 1 amide bonds. The molecular weight excluding hydrogens is 328 g/mol. The van der Waals surface area contributed by atoms with Crippen molar-refractivity contribution in [3.8, 4) is 5.88 Å². The lowest BCUT2D eigenvalue weighted by atomic mass is 9.85. The van der Waals surface area contributed by atoms with E-state index in [0.717, 1.165) is 22.5 Å². The maximum absolute atomic E-state index is 12.4. The van der Waals surface area contributed by atoms with E-state index in [1.54, 1.807) is 12.1 Å². The molecule has 134 valence electrons. The van der Waals surface area contributed by atoms with E-state index in [2.05, 4.69) is 20.3 Å². The number of hydrogen-bond acceptors (Lipinski definition) is 4. The Labute approximate surface area is 152 Å². The van der Waals surface area contributed by atoms with Crippen molar-refractivity contribution in [1.82, 2.24) is 15.0 Å². The van der Waals surface area contributed by atoms with Crippen LogP contribution in [0.2, 0.25) is 0 Å². The van der Waals surface area contributed by atoms with Crippen molar-refractivity contribution >= 4 is 22.6 Å². The number of amides is 1. The predicted molar refractivity (Wildman–Crippen MR) is 101 cm³/mol. The lowest BCUT2D eigenvalue weighted by molar-refractivity contribution is 0.102. The molecule has 2 heterocycles. The van der Waals surface area contributed by atoms with Gasteiger partial charge in [-0.1, -0.05) is 6.42 Å². The molecule has 1 aromatic carbocycles. The number of H-pyrrole nitrogens is 1. The highest BCUT2D eigenvalue weighted by Gasteiger charge is 2.22. The number of carbonyl (C=O) groups is 1. The summed E-state index contributed by atoms with van der Waals surface area (Å²) in [6, 6.07) is 9.14. The summed E-state index contributed by atoms with van der Waals surface area (Å²) in [7, 11) is 0. The fourth-order valence-electron chi connectivity index (χ4n) is 3.01. The Morgan fingerprint density at radius 1 is 1.27 bits per heavy atom. The predicted octanol–water partition coefficient (Wildman–Crippen LogP) is 4.26. The minimum Gasteiger partial charge on any atom is -0.475 e. The zero-order valence-electron chi connectivity index (χ0n) is 15.0. The van der Waals surface area contributed by atoms with Crippen LogP contribution in [0.3, 0.4) is 0 Å². The van der Waals surface area contributed by atoms with Gasteiger partial charge >= 0.3 is 0 Å². The fraction of sp³-hybridized carbons (Fsp3) is 0.350. The number of nitrogens with one attached hydrogen (secondary N) is 2. The number of carbonyl (C=O) groups excluding carboxylic acids is 1. The third-order valence-electron chi connectivity index (χ3n) is 4.60. The van der Waals surface area contributed by atoms with Crippen LogP contribution in [-0.4, -0.2) is 27.0 Å². The van der Waals surface area contributed by atoms with Crippen molar-refractivity contribution in [2.75, 3.05) is 5.32 Å². The zero-order chi connectivity index (χ0) is 18.1. The Morgan fingerprint density at radius 2 is 2.12 bits per heavy atom. The summed E-state index contributed by atoms with van der Waals surface area (Å²) in [6.45, 7) is 3.87. The molecule has 0 unspecified atom stereocenters. The van der Waals surface area contributed by atoms with Gasteiger partial charge in [0.2, 0.25) is 5.88 Å². The van der Waals surface area contributed by atoms with Gasteiger partial charge in [0, 0.05) is 23.9 Å². The van der Waals surface area contributed by atoms with Crippen molar-refractivity contribution in [2.45, 2.75) is 45.1 Å². The molecule has 6 heteroatoms. The van der Waals surface area contributed by atoms with Crippen LogP contribution in [0, 0.1) is 0 Å². The standard InChI is InChI=1S/C20H22N4O2/c1-12(2)26-18-9-6-14(11-21-18)20(25)22-15-7-8-16-17(10-15)24-19(23-16)13-4-3-5-13/h6-13H,3-5H2,1-2H3,(H,22,25)(H,23,24). The highest BCUT2D eigenvalue weighted by molar-refractivity contribution is 6.04. The summed E-state index contributed by atoms with van der Waals surface area (Å²) in [5.74, 6) is 1.92. The number of ether oxygens (including phenoxy) is 1. The van der Waals surface area contributed by atoms with Gasteiger partial charge < -0.3 is 15.0 Å². The van der Waals surface area contributed by atoms with Crippen molar-refractivity contribution in [2.24, 2.45) is 0 Å². The number of rotatable bonds is 5. The lowest BCUT2D eigenvalue weighted by Crippen LogP contribution is -2.13. The first-order valence-electron chi connectivity index (χ1n) is 9.02. The second kappa shape index (κ2) is 6.78. The topological polar surface area (TPSA) is 79.9 Å². The number of nitrogens with zero attached hydrogens (tertiary/aromatic N) is 2. The van der Waals surface area contributed by atoms with Crippen molar-refractivity contribution < 1.29 is 9.53 Å². The highest BCUT2D eigenvalue weighted by Crippen LogP contribution is 2.35. The normalized spacial score (nSPS) is 14.4. The average Bonchev–Trinajstić information content (AvgIpc) is 2.95. The molecule has 0 radical (unpaired) electrons. The maximum Gasteiger partial charge on any atom is 0.257 e. The monoisotopic (exact) mass is 350 g/mol. The van der Waals surface area contributed by atoms with Crippen molar-refractivity contribution in [3.63, 3.8) is 0 Å². The number of aromatic amines is 1. The van der Waals surface area contributed by atoms with E-state index >= 15 is 0 Å². The SMILES string of the molecule is CC(C)Oc1ccc(C(=O)Nc2ccc3nc(C4CCC4)[nH]c3c2)cn1. The Bertz CT molecular complexity index is 927. The van der Waals surface area contributed by atoms with E-state index in [-0.39, 0.29) is 12.0 Å². The molecule has 0 aliphatic heterocycles.